The maximum absolute atomic E-state index is 11.8. The van der Waals surface area contributed by atoms with Gasteiger partial charge in [0.25, 0.3) is 0 Å². The molecule has 0 bridgehead atoms. The number of hydrogen-bond acceptors (Lipinski definition) is 4. The summed E-state index contributed by atoms with van der Waals surface area (Å²) in [5.41, 5.74) is 1.18. The molecule has 1 amide bonds. The third kappa shape index (κ3) is 4.65. The second-order valence-electron chi connectivity index (χ2n) is 4.65. The first-order valence-electron chi connectivity index (χ1n) is 6.64. The Kier molecular flexibility index (Phi) is 6.11. The third-order valence-corrected chi connectivity index (χ3v) is 2.93. The number of aromatic nitrogens is 2. The van der Waals surface area contributed by atoms with E-state index >= 15 is 0 Å². The molecule has 0 unspecified atom stereocenters. The number of nitrogens with one attached hydrogen (secondary N) is 1. The smallest absolute Gasteiger partial charge is 0.473 e. The van der Waals surface area contributed by atoms with Gasteiger partial charge in [-0.25, -0.2) is 4.68 Å². The van der Waals surface area contributed by atoms with Crippen molar-refractivity contribution in [2.75, 3.05) is 0 Å². The zero-order chi connectivity index (χ0) is 14.5. The Morgan fingerprint density at radius 1 is 1.23 bits per heavy atom. The van der Waals surface area contributed by atoms with E-state index in [1.54, 1.807) is 16.9 Å². The molecule has 1 fully saturated rings. The van der Waals surface area contributed by atoms with Crippen molar-refractivity contribution >= 4 is 18.5 Å². The predicted molar refractivity (Wildman–Crippen MR) is 78.6 cm³/mol. The molecule has 0 saturated heterocycles. The fraction of sp³-hybridized carbons (Fsp3) is 0.200. The minimum absolute atomic E-state index is 0. The molecular formula is C15H13N5OU. The Hall–Kier alpha value is -1.71. The van der Waals surface area contributed by atoms with Gasteiger partial charge in [0, 0.05) is 6.20 Å². The van der Waals surface area contributed by atoms with Gasteiger partial charge in [0.15, 0.2) is 0 Å². The van der Waals surface area contributed by atoms with E-state index < -0.39 is 0 Å². The topological polar surface area (TPSA) is 71.6 Å². The third-order valence-electron chi connectivity index (χ3n) is 2.93. The maximum atomic E-state index is 11.8. The number of para-hydroxylation sites is 1. The van der Waals surface area contributed by atoms with Crippen molar-refractivity contribution < 1.29 is 35.9 Å². The van der Waals surface area contributed by atoms with Gasteiger partial charge in [-0.3, -0.25) is 5.10 Å². The zero-order valence-electron chi connectivity index (χ0n) is 11.7. The zero-order valence-corrected chi connectivity index (χ0v) is 15.9. The Labute approximate surface area is 152 Å². The van der Waals surface area contributed by atoms with E-state index in [0.717, 1.165) is 18.5 Å². The van der Waals surface area contributed by atoms with Gasteiger partial charge in [-0.2, -0.15) is 11.0 Å². The molecule has 3 rings (SSSR count). The van der Waals surface area contributed by atoms with E-state index in [1.165, 1.54) is 0 Å². The Balaban J connectivity index is 0.00000176. The normalized spacial score (nSPS) is 14.2. The number of carbonyl (C=O) groups excluding carboxylic acids is 1. The van der Waals surface area contributed by atoms with Crippen LogP contribution < -0.4 is 5.32 Å². The molecule has 6 nitrogen and oxygen atoms in total. The van der Waals surface area contributed by atoms with Gasteiger partial charge in [-0.15, -0.1) is 0 Å². The molecule has 1 heterocycles. The SMILES string of the molecule is O=C(N[C-]=NN=[C-]C1CC1)c1ccn(-c2ccccc2)n1.[U+2]. The van der Waals surface area contributed by atoms with Crippen LogP contribution >= 0.6 is 0 Å². The second-order valence-corrected chi connectivity index (χ2v) is 4.65. The summed E-state index contributed by atoms with van der Waals surface area (Å²) in [6.45, 7) is 0. The van der Waals surface area contributed by atoms with Crippen molar-refractivity contribution in [2.24, 2.45) is 16.1 Å². The molecule has 1 aromatic heterocycles. The van der Waals surface area contributed by atoms with Crippen LogP contribution in [0.3, 0.4) is 0 Å². The molecule has 108 valence electrons. The van der Waals surface area contributed by atoms with Crippen molar-refractivity contribution in [3.05, 3.63) is 48.3 Å². The minimum Gasteiger partial charge on any atom is -0.473 e. The molecule has 22 heavy (non-hydrogen) atoms. The van der Waals surface area contributed by atoms with E-state index in [2.05, 4.69) is 33.2 Å². The Bertz CT molecular complexity index is 676. The van der Waals surface area contributed by atoms with Gasteiger partial charge in [0.1, 0.15) is 5.91 Å². The number of rotatable bonds is 5. The Morgan fingerprint density at radius 2 is 2.00 bits per heavy atom. The molecule has 0 spiro atoms. The molecule has 1 aromatic carbocycles. The van der Waals surface area contributed by atoms with Gasteiger partial charge in [0.2, 0.25) is 0 Å². The van der Waals surface area contributed by atoms with Crippen molar-refractivity contribution in [1.29, 1.82) is 0 Å². The molecule has 2 aromatic rings. The summed E-state index contributed by atoms with van der Waals surface area (Å²) in [5.74, 6) is 0.0443. The number of amides is 1. The first-order chi connectivity index (χ1) is 10.3. The molecule has 1 saturated carbocycles. The van der Waals surface area contributed by atoms with Crippen molar-refractivity contribution in [2.45, 2.75) is 12.8 Å². The summed E-state index contributed by atoms with van der Waals surface area (Å²) < 4.78 is 1.63. The van der Waals surface area contributed by atoms with E-state index in [-0.39, 0.29) is 42.7 Å². The number of benzene rings is 1. The average Bonchev–Trinajstić information content (AvgIpc) is 3.21. The van der Waals surface area contributed by atoms with E-state index in [0.29, 0.717) is 5.92 Å². The first-order valence-corrected chi connectivity index (χ1v) is 6.64. The van der Waals surface area contributed by atoms with E-state index in [4.69, 9.17) is 0 Å². The Morgan fingerprint density at radius 3 is 2.73 bits per heavy atom. The van der Waals surface area contributed by atoms with Gasteiger partial charge < -0.3 is 21.4 Å². The van der Waals surface area contributed by atoms with Crippen LogP contribution in [0.4, 0.5) is 0 Å². The summed E-state index contributed by atoms with van der Waals surface area (Å²) in [7, 11) is 0. The fourth-order valence-corrected chi connectivity index (χ4v) is 1.66. The van der Waals surface area contributed by atoms with Crippen LogP contribution in [0.15, 0.2) is 52.8 Å². The van der Waals surface area contributed by atoms with Crippen LogP contribution in [0.1, 0.15) is 23.3 Å². The van der Waals surface area contributed by atoms with Crippen LogP contribution in [0.25, 0.3) is 5.69 Å². The van der Waals surface area contributed by atoms with Crippen LogP contribution in [0.5, 0.6) is 0 Å². The van der Waals surface area contributed by atoms with Crippen molar-refractivity contribution in [3.8, 4) is 5.69 Å². The molecule has 1 aliphatic carbocycles. The maximum Gasteiger partial charge on any atom is 2.00 e. The number of hydrogen-bond donors (Lipinski definition) is 1. The van der Waals surface area contributed by atoms with Gasteiger partial charge in [-0.1, -0.05) is 31.0 Å². The summed E-state index contributed by atoms with van der Waals surface area (Å²) >= 11 is 0. The van der Waals surface area contributed by atoms with Crippen LogP contribution in [-0.2, 0) is 0 Å². The molecule has 0 radical (unpaired) electrons. The minimum atomic E-state index is -0.380. The monoisotopic (exact) mass is 517 g/mol. The van der Waals surface area contributed by atoms with Crippen LogP contribution in [0, 0.1) is 37.0 Å². The predicted octanol–water partition coefficient (Wildman–Crippen LogP) is 1.78. The quantitative estimate of drug-likeness (QED) is 0.216. The largest absolute Gasteiger partial charge is 2.00 e. The summed E-state index contributed by atoms with van der Waals surface area (Å²) in [4.78, 5) is 11.8. The first kappa shape index (κ1) is 16.7. The molecule has 0 atom stereocenters. The molecule has 7 heteroatoms. The summed E-state index contributed by atoms with van der Waals surface area (Å²) in [6, 6.07) is 11.2. The van der Waals surface area contributed by atoms with E-state index in [9.17, 15) is 4.79 Å². The van der Waals surface area contributed by atoms with Gasteiger partial charge in [0.05, 0.1) is 11.4 Å². The van der Waals surface area contributed by atoms with Crippen molar-refractivity contribution in [1.82, 2.24) is 15.1 Å². The van der Waals surface area contributed by atoms with Gasteiger partial charge >= 0.3 is 31.1 Å². The van der Waals surface area contributed by atoms with Gasteiger partial charge in [-0.05, 0) is 24.5 Å². The number of nitrogens with zero attached hydrogens (tertiary/aromatic N) is 4. The standard InChI is InChI=1S/C15H13N5O.U/c21-15(16-11-18-17-10-12-6-7-12)14-8-9-20(19-14)13-4-2-1-3-5-13;/h1-5,8-9,12H,6-7H2,(H,16,18,21);/q-2;+2. The number of carbonyl (C=O) groups is 1. The molecule has 0 aliphatic heterocycles. The van der Waals surface area contributed by atoms with Crippen LogP contribution in [0.2, 0.25) is 0 Å². The van der Waals surface area contributed by atoms with Crippen LogP contribution in [-0.4, -0.2) is 28.2 Å². The molecule has 1 N–H and O–H groups in total. The van der Waals surface area contributed by atoms with Crippen molar-refractivity contribution in [3.63, 3.8) is 0 Å². The fourth-order valence-electron chi connectivity index (χ4n) is 1.66. The molecule has 1 aliphatic rings. The summed E-state index contributed by atoms with van der Waals surface area (Å²) in [6.07, 6.45) is 9.13. The average molecular weight is 517 g/mol. The second kappa shape index (κ2) is 8.06. The summed E-state index contributed by atoms with van der Waals surface area (Å²) in [5, 5.41) is 13.8. The molecular weight excluding hydrogens is 504 g/mol. The van der Waals surface area contributed by atoms with E-state index in [1.807, 2.05) is 30.3 Å².